The topological polar surface area (TPSA) is 49.3 Å². The lowest BCUT2D eigenvalue weighted by atomic mass is 9.86. The summed E-state index contributed by atoms with van der Waals surface area (Å²) in [5.74, 6) is 1.12. The van der Waals surface area contributed by atoms with E-state index in [1.807, 2.05) is 42.2 Å². The zero-order valence-electron chi connectivity index (χ0n) is 13.5. The molecular formula is C18H19ClN4O. The highest BCUT2D eigenvalue weighted by molar-refractivity contribution is 6.31. The van der Waals surface area contributed by atoms with E-state index in [1.54, 1.807) is 6.33 Å². The first-order valence-corrected chi connectivity index (χ1v) is 8.58. The highest BCUT2D eigenvalue weighted by Crippen LogP contribution is 2.35. The Kier molecular flexibility index (Phi) is 3.88. The minimum absolute atomic E-state index is 0.169. The first kappa shape index (κ1) is 15.4. The average Bonchev–Trinajstić information content (AvgIpc) is 2.57. The number of benzene rings is 1. The first-order valence-electron chi connectivity index (χ1n) is 8.20. The molecule has 5 rings (SSSR count). The van der Waals surface area contributed by atoms with Gasteiger partial charge in [-0.05, 0) is 25.0 Å². The minimum atomic E-state index is 0.169. The molecule has 5 nitrogen and oxygen atoms in total. The molecule has 0 radical (unpaired) electrons. The summed E-state index contributed by atoms with van der Waals surface area (Å²) in [6.07, 6.45) is 3.05. The quantitative estimate of drug-likeness (QED) is 0.859. The number of amides is 1. The highest BCUT2D eigenvalue weighted by Gasteiger charge is 2.47. The minimum Gasteiger partial charge on any atom is -0.352 e. The number of rotatable bonds is 3. The van der Waals surface area contributed by atoms with E-state index in [0.29, 0.717) is 11.4 Å². The molecular weight excluding hydrogens is 324 g/mol. The molecule has 124 valence electrons. The molecule has 24 heavy (non-hydrogen) atoms. The van der Waals surface area contributed by atoms with Crippen LogP contribution < -0.4 is 4.90 Å². The lowest BCUT2D eigenvalue weighted by Crippen LogP contribution is -2.70. The Hall–Kier alpha value is -2.14. The number of aromatic nitrogens is 2. The van der Waals surface area contributed by atoms with Gasteiger partial charge in [-0.2, -0.15) is 0 Å². The van der Waals surface area contributed by atoms with Crippen LogP contribution in [0, 0.1) is 6.92 Å². The second kappa shape index (κ2) is 6.06. The van der Waals surface area contributed by atoms with Gasteiger partial charge < -0.3 is 9.80 Å². The molecule has 1 aromatic heterocycles. The van der Waals surface area contributed by atoms with E-state index in [1.165, 1.54) is 0 Å². The van der Waals surface area contributed by atoms with Crippen molar-refractivity contribution in [1.29, 1.82) is 0 Å². The van der Waals surface area contributed by atoms with Crippen molar-refractivity contribution in [1.82, 2.24) is 14.9 Å². The van der Waals surface area contributed by atoms with Gasteiger partial charge >= 0.3 is 0 Å². The van der Waals surface area contributed by atoms with Crippen molar-refractivity contribution in [2.75, 3.05) is 18.0 Å². The van der Waals surface area contributed by atoms with Crippen molar-refractivity contribution in [3.05, 3.63) is 52.9 Å². The number of hydrogen-bond acceptors (Lipinski definition) is 4. The molecule has 6 heteroatoms. The van der Waals surface area contributed by atoms with Crippen LogP contribution >= 0.6 is 11.6 Å². The SMILES string of the molecule is Cc1cc(N2CC3CC(C2)N3C(=O)Cc2ccccc2Cl)ncn1. The summed E-state index contributed by atoms with van der Waals surface area (Å²) < 4.78 is 0. The van der Waals surface area contributed by atoms with E-state index >= 15 is 0 Å². The summed E-state index contributed by atoms with van der Waals surface area (Å²) in [6.45, 7) is 3.64. The number of carbonyl (C=O) groups is 1. The number of piperazine rings is 1. The van der Waals surface area contributed by atoms with E-state index in [2.05, 4.69) is 14.9 Å². The number of carbonyl (C=O) groups excluding carboxylic acids is 1. The Balaban J connectivity index is 1.44. The molecule has 4 heterocycles. The maximum absolute atomic E-state index is 12.7. The summed E-state index contributed by atoms with van der Waals surface area (Å²) in [5, 5.41) is 0.662. The van der Waals surface area contributed by atoms with Crippen molar-refractivity contribution in [3.8, 4) is 0 Å². The molecule has 3 aliphatic rings. The second-order valence-electron chi connectivity index (χ2n) is 6.54. The van der Waals surface area contributed by atoms with Crippen LogP contribution in [0.5, 0.6) is 0 Å². The van der Waals surface area contributed by atoms with Gasteiger partial charge in [0.15, 0.2) is 0 Å². The highest BCUT2D eigenvalue weighted by atomic mass is 35.5. The molecule has 3 fully saturated rings. The van der Waals surface area contributed by atoms with Gasteiger partial charge in [0.1, 0.15) is 12.1 Å². The molecule has 0 spiro atoms. The molecule has 0 aliphatic carbocycles. The molecule has 2 bridgehead atoms. The molecule has 3 aliphatic heterocycles. The number of aryl methyl sites for hydroxylation is 1. The Bertz CT molecular complexity index is 769. The van der Waals surface area contributed by atoms with Crippen LogP contribution in [-0.2, 0) is 11.2 Å². The lowest BCUT2D eigenvalue weighted by Gasteiger charge is -2.56. The van der Waals surface area contributed by atoms with E-state index < -0.39 is 0 Å². The summed E-state index contributed by atoms with van der Waals surface area (Å²) in [7, 11) is 0. The van der Waals surface area contributed by atoms with E-state index in [-0.39, 0.29) is 18.0 Å². The second-order valence-corrected chi connectivity index (χ2v) is 6.94. The fourth-order valence-corrected chi connectivity index (χ4v) is 3.92. The van der Waals surface area contributed by atoms with Crippen LogP contribution in [0.1, 0.15) is 17.7 Å². The largest absolute Gasteiger partial charge is 0.352 e. The van der Waals surface area contributed by atoms with Crippen LogP contribution in [-0.4, -0.2) is 45.9 Å². The van der Waals surface area contributed by atoms with Crippen LogP contribution in [0.4, 0.5) is 5.82 Å². The van der Waals surface area contributed by atoms with Crippen LogP contribution in [0.15, 0.2) is 36.7 Å². The predicted molar refractivity (Wildman–Crippen MR) is 93.2 cm³/mol. The van der Waals surface area contributed by atoms with Crippen LogP contribution in [0.3, 0.4) is 0 Å². The average molecular weight is 343 g/mol. The number of fused-ring (bicyclic) bond motifs is 2. The number of halogens is 1. The molecule has 0 N–H and O–H groups in total. The Labute approximate surface area is 146 Å². The third-order valence-electron chi connectivity index (χ3n) is 4.89. The van der Waals surface area contributed by atoms with Gasteiger partial charge in [-0.1, -0.05) is 29.8 Å². The monoisotopic (exact) mass is 342 g/mol. The molecule has 2 unspecified atom stereocenters. The Morgan fingerprint density at radius 1 is 1.25 bits per heavy atom. The van der Waals surface area contributed by atoms with Crippen molar-refractivity contribution in [3.63, 3.8) is 0 Å². The molecule has 2 aromatic rings. The maximum atomic E-state index is 12.7. The van der Waals surface area contributed by atoms with Gasteiger partial charge in [-0.3, -0.25) is 4.79 Å². The molecule has 1 amide bonds. The van der Waals surface area contributed by atoms with E-state index in [9.17, 15) is 4.79 Å². The van der Waals surface area contributed by atoms with Crippen LogP contribution in [0.2, 0.25) is 5.02 Å². The summed E-state index contributed by atoms with van der Waals surface area (Å²) >= 11 is 6.18. The van der Waals surface area contributed by atoms with Gasteiger partial charge in [0.05, 0.1) is 18.5 Å². The number of nitrogens with zero attached hydrogens (tertiary/aromatic N) is 4. The van der Waals surface area contributed by atoms with Gasteiger partial charge in [0.2, 0.25) is 5.91 Å². The van der Waals surface area contributed by atoms with Gasteiger partial charge in [-0.15, -0.1) is 0 Å². The van der Waals surface area contributed by atoms with Crippen molar-refractivity contribution < 1.29 is 4.79 Å². The van der Waals surface area contributed by atoms with Crippen molar-refractivity contribution in [2.24, 2.45) is 0 Å². The number of piperidine rings is 1. The van der Waals surface area contributed by atoms with E-state index in [0.717, 1.165) is 36.6 Å². The Morgan fingerprint density at radius 2 is 2.00 bits per heavy atom. The van der Waals surface area contributed by atoms with Gasteiger partial charge in [0.25, 0.3) is 0 Å². The van der Waals surface area contributed by atoms with Crippen molar-refractivity contribution in [2.45, 2.75) is 31.8 Å². The molecule has 1 aromatic carbocycles. The normalized spacial score (nSPS) is 22.2. The standard InChI is InChI=1S/C18H19ClN4O/c1-12-6-17(21-11-20-12)22-9-14-8-15(10-22)23(14)18(24)7-13-4-2-3-5-16(13)19/h2-6,11,14-15H,7-10H2,1H3. The van der Waals surface area contributed by atoms with Gasteiger partial charge in [-0.25, -0.2) is 9.97 Å². The van der Waals surface area contributed by atoms with Crippen LogP contribution in [0.25, 0.3) is 0 Å². The fourth-order valence-electron chi connectivity index (χ4n) is 3.71. The first-order chi connectivity index (χ1) is 11.6. The summed E-state index contributed by atoms with van der Waals surface area (Å²) in [4.78, 5) is 25.5. The number of anilines is 1. The number of hydrogen-bond donors (Lipinski definition) is 0. The summed E-state index contributed by atoms with van der Waals surface area (Å²) in [6, 6.07) is 10.1. The fraction of sp³-hybridized carbons (Fsp3) is 0.389. The van der Waals surface area contributed by atoms with Gasteiger partial charge in [0, 0.05) is 29.9 Å². The van der Waals surface area contributed by atoms with Crippen molar-refractivity contribution >= 4 is 23.3 Å². The molecule has 2 atom stereocenters. The third kappa shape index (κ3) is 2.73. The lowest BCUT2D eigenvalue weighted by molar-refractivity contribution is -0.145. The zero-order valence-corrected chi connectivity index (χ0v) is 14.3. The third-order valence-corrected chi connectivity index (χ3v) is 5.26. The zero-order chi connectivity index (χ0) is 16.7. The Morgan fingerprint density at radius 3 is 2.71 bits per heavy atom. The molecule has 0 saturated carbocycles. The van der Waals surface area contributed by atoms with E-state index in [4.69, 9.17) is 11.6 Å². The summed E-state index contributed by atoms with van der Waals surface area (Å²) in [5.41, 5.74) is 1.86. The smallest absolute Gasteiger partial charge is 0.227 e. The molecule has 3 saturated heterocycles. The maximum Gasteiger partial charge on any atom is 0.227 e. The predicted octanol–water partition coefficient (Wildman–Crippen LogP) is 2.47.